The Morgan fingerprint density at radius 1 is 1.31 bits per heavy atom. The fraction of sp³-hybridized carbons (Fsp3) is 0.833. The number of rotatable bonds is 1. The van der Waals surface area contributed by atoms with Crippen LogP contribution in [0.3, 0.4) is 0 Å². The number of carbonyl (C=O) groups excluding carboxylic acids is 1. The maximum Gasteiger partial charge on any atom is 0.228 e. The predicted molar refractivity (Wildman–Crippen MR) is 58.5 cm³/mol. The number of likely N-dealkylation sites (tertiary alicyclic amines) is 1. The Balaban J connectivity index is 1.84. The fourth-order valence-corrected chi connectivity index (χ4v) is 2.42. The summed E-state index contributed by atoms with van der Waals surface area (Å²) < 4.78 is 5.34. The van der Waals surface area contributed by atoms with Crippen molar-refractivity contribution in [3.8, 4) is 6.07 Å². The molecule has 0 N–H and O–H groups in total. The number of hydrogen-bond acceptors (Lipinski definition) is 3. The molecule has 2 aliphatic rings. The number of hydrogen-bond donors (Lipinski definition) is 0. The molecule has 0 aromatic carbocycles. The lowest BCUT2D eigenvalue weighted by atomic mass is 9.95. The molecule has 4 heteroatoms. The van der Waals surface area contributed by atoms with E-state index in [0.717, 1.165) is 45.4 Å². The zero-order chi connectivity index (χ0) is 11.4. The fourth-order valence-electron chi connectivity index (χ4n) is 2.42. The Labute approximate surface area is 96.2 Å². The molecule has 0 bridgehead atoms. The summed E-state index contributed by atoms with van der Waals surface area (Å²) in [5.41, 5.74) is 0. The third-order valence-corrected chi connectivity index (χ3v) is 3.50. The molecule has 0 spiro atoms. The molecule has 0 aromatic heterocycles. The molecule has 2 aliphatic heterocycles. The normalized spacial score (nSPS) is 27.4. The van der Waals surface area contributed by atoms with Crippen LogP contribution in [0.1, 0.15) is 25.7 Å². The first-order valence-electron chi connectivity index (χ1n) is 6.07. The van der Waals surface area contributed by atoms with Gasteiger partial charge < -0.3 is 9.64 Å². The van der Waals surface area contributed by atoms with Crippen LogP contribution in [0.2, 0.25) is 0 Å². The Bertz CT molecular complexity index is 284. The number of piperidine rings is 1. The van der Waals surface area contributed by atoms with Crippen molar-refractivity contribution in [2.75, 3.05) is 26.3 Å². The predicted octanol–water partition coefficient (Wildman–Crippen LogP) is 1.18. The topological polar surface area (TPSA) is 53.3 Å². The summed E-state index contributed by atoms with van der Waals surface area (Å²) in [6.07, 6.45) is 3.60. The molecular formula is C12H18N2O2. The van der Waals surface area contributed by atoms with Gasteiger partial charge in [-0.05, 0) is 25.7 Å². The van der Waals surface area contributed by atoms with Gasteiger partial charge in [0.25, 0.3) is 0 Å². The first-order valence-corrected chi connectivity index (χ1v) is 6.07. The van der Waals surface area contributed by atoms with Gasteiger partial charge in [0.2, 0.25) is 5.91 Å². The maximum atomic E-state index is 12.1. The highest BCUT2D eigenvalue weighted by Gasteiger charge is 2.29. The van der Waals surface area contributed by atoms with Crippen molar-refractivity contribution in [1.29, 1.82) is 5.26 Å². The van der Waals surface area contributed by atoms with E-state index in [9.17, 15) is 4.79 Å². The zero-order valence-corrected chi connectivity index (χ0v) is 9.52. The van der Waals surface area contributed by atoms with Crippen molar-refractivity contribution in [2.24, 2.45) is 11.8 Å². The van der Waals surface area contributed by atoms with Crippen molar-refractivity contribution >= 4 is 5.91 Å². The highest BCUT2D eigenvalue weighted by molar-refractivity contribution is 5.79. The molecule has 1 atom stereocenters. The van der Waals surface area contributed by atoms with Gasteiger partial charge in [0.05, 0.1) is 18.6 Å². The van der Waals surface area contributed by atoms with Crippen LogP contribution in [0.25, 0.3) is 0 Å². The van der Waals surface area contributed by atoms with Crippen molar-refractivity contribution in [3.05, 3.63) is 0 Å². The van der Waals surface area contributed by atoms with Crippen LogP contribution in [-0.2, 0) is 9.53 Å². The smallest absolute Gasteiger partial charge is 0.228 e. The van der Waals surface area contributed by atoms with E-state index in [1.165, 1.54) is 0 Å². The summed E-state index contributed by atoms with van der Waals surface area (Å²) in [7, 11) is 0. The number of nitriles is 1. The van der Waals surface area contributed by atoms with E-state index in [1.807, 2.05) is 4.90 Å². The third kappa shape index (κ3) is 2.53. The van der Waals surface area contributed by atoms with Crippen LogP contribution >= 0.6 is 0 Å². The lowest BCUT2D eigenvalue weighted by Crippen LogP contribution is -2.43. The highest BCUT2D eigenvalue weighted by atomic mass is 16.5. The molecule has 16 heavy (non-hydrogen) atoms. The standard InChI is InChI=1S/C12H18N2O2/c13-8-10-3-5-14(6-4-10)12(15)11-2-1-7-16-9-11/h10-11H,1-7,9H2. The van der Waals surface area contributed by atoms with E-state index in [-0.39, 0.29) is 17.7 Å². The molecule has 2 heterocycles. The van der Waals surface area contributed by atoms with Gasteiger partial charge >= 0.3 is 0 Å². The Hall–Kier alpha value is -1.08. The van der Waals surface area contributed by atoms with Gasteiger partial charge in [-0.15, -0.1) is 0 Å². The van der Waals surface area contributed by atoms with E-state index >= 15 is 0 Å². The molecular weight excluding hydrogens is 204 g/mol. The molecule has 1 amide bonds. The summed E-state index contributed by atoms with van der Waals surface area (Å²) >= 11 is 0. The Kier molecular flexibility index (Phi) is 3.79. The minimum absolute atomic E-state index is 0.0624. The second-order valence-corrected chi connectivity index (χ2v) is 4.64. The number of ether oxygens (including phenoxy) is 1. The largest absolute Gasteiger partial charge is 0.381 e. The van der Waals surface area contributed by atoms with Crippen LogP contribution < -0.4 is 0 Å². The van der Waals surface area contributed by atoms with Gasteiger partial charge in [0.1, 0.15) is 0 Å². The molecule has 4 nitrogen and oxygen atoms in total. The molecule has 2 fully saturated rings. The number of amides is 1. The minimum atomic E-state index is 0.0624. The quantitative estimate of drug-likeness (QED) is 0.669. The third-order valence-electron chi connectivity index (χ3n) is 3.50. The molecule has 0 radical (unpaired) electrons. The lowest BCUT2D eigenvalue weighted by Gasteiger charge is -2.33. The van der Waals surface area contributed by atoms with Crippen LogP contribution in [0, 0.1) is 23.2 Å². The first-order chi connectivity index (χ1) is 7.81. The summed E-state index contributed by atoms with van der Waals surface area (Å²) in [4.78, 5) is 14.0. The first kappa shape index (κ1) is 11.4. The highest BCUT2D eigenvalue weighted by Crippen LogP contribution is 2.21. The Morgan fingerprint density at radius 2 is 2.06 bits per heavy atom. The molecule has 0 aromatic rings. The maximum absolute atomic E-state index is 12.1. The van der Waals surface area contributed by atoms with E-state index < -0.39 is 0 Å². The van der Waals surface area contributed by atoms with Crippen LogP contribution in [0.5, 0.6) is 0 Å². The van der Waals surface area contributed by atoms with Crippen molar-refractivity contribution in [1.82, 2.24) is 4.90 Å². The average Bonchev–Trinajstić information content (AvgIpc) is 2.39. The Morgan fingerprint density at radius 3 is 2.62 bits per heavy atom. The van der Waals surface area contributed by atoms with E-state index in [4.69, 9.17) is 10.00 Å². The lowest BCUT2D eigenvalue weighted by molar-refractivity contribution is -0.140. The minimum Gasteiger partial charge on any atom is -0.381 e. The SMILES string of the molecule is N#CC1CCN(C(=O)C2CCCOC2)CC1. The van der Waals surface area contributed by atoms with Crippen LogP contribution in [-0.4, -0.2) is 37.1 Å². The van der Waals surface area contributed by atoms with Crippen molar-refractivity contribution in [3.63, 3.8) is 0 Å². The summed E-state index contributed by atoms with van der Waals surface area (Å²) in [5.74, 6) is 0.440. The van der Waals surface area contributed by atoms with Crippen LogP contribution in [0.15, 0.2) is 0 Å². The summed E-state index contributed by atoms with van der Waals surface area (Å²) in [6, 6.07) is 2.28. The summed E-state index contributed by atoms with van der Waals surface area (Å²) in [5, 5.41) is 8.79. The molecule has 2 saturated heterocycles. The second-order valence-electron chi connectivity index (χ2n) is 4.64. The van der Waals surface area contributed by atoms with Crippen LogP contribution in [0.4, 0.5) is 0 Å². The molecule has 88 valence electrons. The average molecular weight is 222 g/mol. The van der Waals surface area contributed by atoms with Gasteiger partial charge in [-0.25, -0.2) is 0 Å². The number of nitrogens with zero attached hydrogens (tertiary/aromatic N) is 2. The van der Waals surface area contributed by atoms with E-state index in [2.05, 4.69) is 6.07 Å². The van der Waals surface area contributed by atoms with Gasteiger partial charge in [0.15, 0.2) is 0 Å². The van der Waals surface area contributed by atoms with Gasteiger partial charge in [0, 0.05) is 25.6 Å². The van der Waals surface area contributed by atoms with E-state index in [1.54, 1.807) is 0 Å². The molecule has 1 unspecified atom stereocenters. The van der Waals surface area contributed by atoms with Crippen molar-refractivity contribution in [2.45, 2.75) is 25.7 Å². The zero-order valence-electron chi connectivity index (χ0n) is 9.52. The number of carbonyl (C=O) groups is 1. The second kappa shape index (κ2) is 5.31. The van der Waals surface area contributed by atoms with Gasteiger partial charge in [-0.1, -0.05) is 0 Å². The molecule has 0 saturated carbocycles. The summed E-state index contributed by atoms with van der Waals surface area (Å²) in [6.45, 7) is 2.86. The van der Waals surface area contributed by atoms with Gasteiger partial charge in [-0.3, -0.25) is 4.79 Å². The monoisotopic (exact) mass is 222 g/mol. The van der Waals surface area contributed by atoms with E-state index in [0.29, 0.717) is 6.61 Å². The molecule has 0 aliphatic carbocycles. The molecule has 2 rings (SSSR count). The van der Waals surface area contributed by atoms with Crippen molar-refractivity contribution < 1.29 is 9.53 Å². The van der Waals surface area contributed by atoms with Gasteiger partial charge in [-0.2, -0.15) is 5.26 Å².